The van der Waals surface area contributed by atoms with Crippen molar-refractivity contribution in [1.29, 1.82) is 0 Å². The van der Waals surface area contributed by atoms with Crippen LogP contribution in [0.2, 0.25) is 0 Å². The molecule has 2 heterocycles. The Hall–Kier alpha value is -2.63. The molecule has 0 unspecified atom stereocenters. The Morgan fingerprint density at radius 1 is 1.44 bits per heavy atom. The number of fused-ring (bicyclic) bond motifs is 1. The van der Waals surface area contributed by atoms with Gasteiger partial charge in [-0.15, -0.1) is 0 Å². The number of nitrogens with one attached hydrogen (secondary N) is 1. The second-order valence-corrected chi connectivity index (χ2v) is 3.93. The van der Waals surface area contributed by atoms with Crippen molar-refractivity contribution in [2.75, 3.05) is 0 Å². The molecule has 3 aromatic rings. The van der Waals surface area contributed by atoms with E-state index in [1.165, 1.54) is 0 Å². The standard InChI is InChI=1S/C12H9N3O3/c1-15-6-13-9(5-16)11(15)7-2-3-8-10(4-7)18-12(17)14-8/h2-6H,1H3,(H,14,17). The van der Waals surface area contributed by atoms with Gasteiger partial charge in [0.1, 0.15) is 5.69 Å². The Labute approximate surface area is 101 Å². The van der Waals surface area contributed by atoms with Crippen molar-refractivity contribution in [1.82, 2.24) is 14.5 Å². The monoisotopic (exact) mass is 243 g/mol. The Kier molecular flexibility index (Phi) is 2.16. The van der Waals surface area contributed by atoms with Gasteiger partial charge in [0.2, 0.25) is 0 Å². The van der Waals surface area contributed by atoms with Crippen LogP contribution in [0.15, 0.2) is 33.7 Å². The summed E-state index contributed by atoms with van der Waals surface area (Å²) in [4.78, 5) is 28.6. The van der Waals surface area contributed by atoms with E-state index < -0.39 is 5.76 Å². The van der Waals surface area contributed by atoms with Gasteiger partial charge in [-0.05, 0) is 12.1 Å². The maximum absolute atomic E-state index is 11.1. The summed E-state index contributed by atoms with van der Waals surface area (Å²) >= 11 is 0. The Bertz CT molecular complexity index is 794. The van der Waals surface area contributed by atoms with E-state index in [0.29, 0.717) is 28.8 Å². The van der Waals surface area contributed by atoms with Gasteiger partial charge in [0.05, 0.1) is 17.5 Å². The molecule has 0 saturated heterocycles. The van der Waals surface area contributed by atoms with Crippen LogP contribution in [0, 0.1) is 0 Å². The van der Waals surface area contributed by atoms with Gasteiger partial charge in [-0.1, -0.05) is 6.07 Å². The zero-order valence-corrected chi connectivity index (χ0v) is 9.51. The molecule has 0 atom stereocenters. The number of benzene rings is 1. The van der Waals surface area contributed by atoms with E-state index in [-0.39, 0.29) is 0 Å². The summed E-state index contributed by atoms with van der Waals surface area (Å²) in [7, 11) is 1.80. The van der Waals surface area contributed by atoms with E-state index in [4.69, 9.17) is 4.42 Å². The minimum absolute atomic E-state index is 0.356. The van der Waals surface area contributed by atoms with Gasteiger partial charge in [0, 0.05) is 12.6 Å². The second-order valence-electron chi connectivity index (χ2n) is 3.93. The third kappa shape index (κ3) is 1.46. The highest BCUT2D eigenvalue weighted by Gasteiger charge is 2.12. The van der Waals surface area contributed by atoms with Crippen LogP contribution in [0.5, 0.6) is 0 Å². The number of nitrogens with zero attached hydrogens (tertiary/aromatic N) is 2. The number of imidazole rings is 1. The maximum atomic E-state index is 11.1. The topological polar surface area (TPSA) is 80.9 Å². The van der Waals surface area contributed by atoms with Crippen molar-refractivity contribution < 1.29 is 9.21 Å². The summed E-state index contributed by atoms with van der Waals surface area (Å²) in [5.74, 6) is -0.497. The first kappa shape index (κ1) is 10.5. The molecule has 18 heavy (non-hydrogen) atoms. The molecule has 0 saturated carbocycles. The zero-order chi connectivity index (χ0) is 12.7. The highest BCUT2D eigenvalue weighted by Crippen LogP contribution is 2.24. The first-order chi connectivity index (χ1) is 8.69. The van der Waals surface area contributed by atoms with E-state index in [0.717, 1.165) is 5.56 Å². The Balaban J connectivity index is 2.27. The van der Waals surface area contributed by atoms with Gasteiger partial charge in [0.15, 0.2) is 11.9 Å². The van der Waals surface area contributed by atoms with Gasteiger partial charge < -0.3 is 8.98 Å². The fraction of sp³-hybridized carbons (Fsp3) is 0.0833. The van der Waals surface area contributed by atoms with Crippen molar-refractivity contribution in [3.8, 4) is 11.3 Å². The maximum Gasteiger partial charge on any atom is 0.417 e. The highest BCUT2D eigenvalue weighted by atomic mass is 16.4. The fourth-order valence-corrected chi connectivity index (χ4v) is 1.98. The number of aromatic nitrogens is 3. The number of aryl methyl sites for hydroxylation is 1. The van der Waals surface area contributed by atoms with Gasteiger partial charge >= 0.3 is 5.76 Å². The normalized spacial score (nSPS) is 10.9. The lowest BCUT2D eigenvalue weighted by molar-refractivity contribution is 0.112. The third-order valence-corrected chi connectivity index (χ3v) is 2.77. The van der Waals surface area contributed by atoms with Crippen molar-refractivity contribution in [2.45, 2.75) is 0 Å². The first-order valence-corrected chi connectivity index (χ1v) is 5.29. The van der Waals surface area contributed by atoms with Crippen LogP contribution in [0.25, 0.3) is 22.4 Å². The van der Waals surface area contributed by atoms with Crippen LogP contribution >= 0.6 is 0 Å². The van der Waals surface area contributed by atoms with Crippen LogP contribution in [0.4, 0.5) is 0 Å². The largest absolute Gasteiger partial charge is 0.417 e. The van der Waals surface area contributed by atoms with Crippen LogP contribution in [-0.2, 0) is 7.05 Å². The Morgan fingerprint density at radius 2 is 2.28 bits per heavy atom. The third-order valence-electron chi connectivity index (χ3n) is 2.77. The zero-order valence-electron chi connectivity index (χ0n) is 9.51. The molecule has 90 valence electrons. The summed E-state index contributed by atoms with van der Waals surface area (Å²) in [6, 6.07) is 5.24. The van der Waals surface area contributed by atoms with Crippen LogP contribution < -0.4 is 5.76 Å². The molecule has 0 aliphatic heterocycles. The predicted octanol–water partition coefficient (Wildman–Crippen LogP) is 1.33. The van der Waals surface area contributed by atoms with Gasteiger partial charge in [0.25, 0.3) is 0 Å². The minimum Gasteiger partial charge on any atom is -0.408 e. The number of carbonyl (C=O) groups excluding carboxylic acids is 1. The van der Waals surface area contributed by atoms with Crippen LogP contribution in [0.1, 0.15) is 10.5 Å². The van der Waals surface area contributed by atoms with Crippen molar-refractivity contribution in [2.24, 2.45) is 7.05 Å². The summed E-state index contributed by atoms with van der Waals surface area (Å²) in [5.41, 5.74) is 2.90. The number of rotatable bonds is 2. The Morgan fingerprint density at radius 3 is 3.06 bits per heavy atom. The lowest BCUT2D eigenvalue weighted by Crippen LogP contribution is -1.93. The average Bonchev–Trinajstić information content (AvgIpc) is 2.89. The van der Waals surface area contributed by atoms with Gasteiger partial charge in [-0.25, -0.2) is 9.78 Å². The molecule has 3 rings (SSSR count). The molecule has 1 aromatic carbocycles. The van der Waals surface area contributed by atoms with Gasteiger partial charge in [-0.3, -0.25) is 9.78 Å². The molecule has 6 nitrogen and oxygen atoms in total. The summed E-state index contributed by atoms with van der Waals surface area (Å²) in [6.07, 6.45) is 2.27. The lowest BCUT2D eigenvalue weighted by atomic mass is 10.1. The lowest BCUT2D eigenvalue weighted by Gasteiger charge is -2.03. The number of carbonyl (C=O) groups is 1. The van der Waals surface area contributed by atoms with Crippen LogP contribution in [0.3, 0.4) is 0 Å². The van der Waals surface area contributed by atoms with Crippen molar-refractivity contribution >= 4 is 17.4 Å². The molecule has 1 N–H and O–H groups in total. The molecular weight excluding hydrogens is 234 g/mol. The summed E-state index contributed by atoms with van der Waals surface area (Å²) in [5, 5.41) is 0. The summed E-state index contributed by atoms with van der Waals surface area (Å²) < 4.78 is 6.74. The molecule has 0 spiro atoms. The number of H-pyrrole nitrogens is 1. The fourth-order valence-electron chi connectivity index (χ4n) is 1.98. The number of aldehydes is 1. The molecular formula is C12H9N3O3. The van der Waals surface area contributed by atoms with Crippen LogP contribution in [-0.4, -0.2) is 20.8 Å². The molecule has 6 heteroatoms. The molecule has 0 aliphatic rings. The van der Waals surface area contributed by atoms with E-state index in [1.807, 2.05) is 0 Å². The number of hydrogen-bond donors (Lipinski definition) is 1. The smallest absolute Gasteiger partial charge is 0.408 e. The summed E-state index contributed by atoms with van der Waals surface area (Å²) in [6.45, 7) is 0. The SMILES string of the molecule is Cn1cnc(C=O)c1-c1ccc2[nH]c(=O)oc2c1. The van der Waals surface area contributed by atoms with Crippen molar-refractivity contribution in [3.63, 3.8) is 0 Å². The molecule has 0 aliphatic carbocycles. The second kappa shape index (κ2) is 3.69. The van der Waals surface area contributed by atoms with Gasteiger partial charge in [-0.2, -0.15) is 0 Å². The predicted molar refractivity (Wildman–Crippen MR) is 64.4 cm³/mol. The minimum atomic E-state index is -0.497. The molecule has 2 aromatic heterocycles. The van der Waals surface area contributed by atoms with E-state index in [2.05, 4.69) is 9.97 Å². The van der Waals surface area contributed by atoms with E-state index in [9.17, 15) is 9.59 Å². The number of aromatic amines is 1. The molecule has 0 radical (unpaired) electrons. The number of oxazole rings is 1. The number of hydrogen-bond acceptors (Lipinski definition) is 4. The highest BCUT2D eigenvalue weighted by molar-refractivity contribution is 5.87. The molecule has 0 fully saturated rings. The molecule has 0 amide bonds. The van der Waals surface area contributed by atoms with Crippen molar-refractivity contribution in [3.05, 3.63) is 40.8 Å². The first-order valence-electron chi connectivity index (χ1n) is 5.29. The quantitative estimate of drug-likeness (QED) is 0.688. The van der Waals surface area contributed by atoms with E-state index >= 15 is 0 Å². The average molecular weight is 243 g/mol. The molecule has 0 bridgehead atoms. The van der Waals surface area contributed by atoms with E-state index in [1.54, 1.807) is 36.1 Å².